The predicted molar refractivity (Wildman–Crippen MR) is 42.5 cm³/mol. The number of hydrogen-bond donors (Lipinski definition) is 1. The lowest BCUT2D eigenvalue weighted by atomic mass is 10.0. The van der Waals surface area contributed by atoms with Crippen molar-refractivity contribution in [3.05, 3.63) is 23.1 Å². The van der Waals surface area contributed by atoms with Crippen LogP contribution in [0.3, 0.4) is 0 Å². The summed E-state index contributed by atoms with van der Waals surface area (Å²) < 4.78 is 29.6. The summed E-state index contributed by atoms with van der Waals surface area (Å²) >= 11 is 0. The van der Waals surface area contributed by atoms with Gasteiger partial charge in [-0.15, -0.1) is 0 Å². The van der Waals surface area contributed by atoms with Crippen LogP contribution < -0.4 is 0 Å². The van der Waals surface area contributed by atoms with Crippen LogP contribution in [0.5, 0.6) is 0 Å². The first kappa shape index (κ1) is 8.97. The van der Waals surface area contributed by atoms with E-state index in [-0.39, 0.29) is 10.8 Å². The van der Waals surface area contributed by atoms with E-state index in [1.165, 1.54) is 18.2 Å². The molecular weight excluding hydrogens is 178 g/mol. The Morgan fingerprint density at radius 1 is 1.67 bits per heavy atom. The molecule has 0 saturated heterocycles. The zero-order valence-electron chi connectivity index (χ0n) is 6.14. The lowest BCUT2D eigenvalue weighted by molar-refractivity contribution is 0.491. The molecule has 0 aromatic carbocycles. The fourth-order valence-corrected chi connectivity index (χ4v) is 1.45. The zero-order valence-corrected chi connectivity index (χ0v) is 6.95. The number of nitrogens with zero attached hydrogens (tertiary/aromatic N) is 1. The molecule has 1 rings (SSSR count). The van der Waals surface area contributed by atoms with Crippen molar-refractivity contribution in [3.63, 3.8) is 0 Å². The van der Waals surface area contributed by atoms with E-state index in [4.69, 9.17) is 9.81 Å². The minimum Gasteiger partial charge on any atom is -0.282 e. The van der Waals surface area contributed by atoms with E-state index >= 15 is 0 Å². The Morgan fingerprint density at radius 2 is 2.33 bits per heavy atom. The van der Waals surface area contributed by atoms with Gasteiger partial charge in [-0.1, -0.05) is 12.2 Å². The number of hydrogen-bond acceptors (Lipinski definition) is 3. The summed E-state index contributed by atoms with van der Waals surface area (Å²) in [5.41, 5.74) is 0. The monoisotopic (exact) mass is 185 g/mol. The molecule has 0 aromatic rings. The Balaban J connectivity index is 2.87. The lowest BCUT2D eigenvalue weighted by Crippen LogP contribution is -2.04. The maximum Gasteiger partial charge on any atom is 0.294 e. The van der Waals surface area contributed by atoms with Gasteiger partial charge in [0.25, 0.3) is 10.1 Å². The van der Waals surface area contributed by atoms with Crippen LogP contribution in [0.15, 0.2) is 23.1 Å². The molecule has 1 aliphatic carbocycles. The van der Waals surface area contributed by atoms with Gasteiger partial charge in [-0.3, -0.25) is 4.55 Å². The van der Waals surface area contributed by atoms with Gasteiger partial charge in [-0.2, -0.15) is 13.7 Å². The molecule has 5 heteroatoms. The summed E-state index contributed by atoms with van der Waals surface area (Å²) in [4.78, 5) is -0.131. The summed E-state index contributed by atoms with van der Waals surface area (Å²) in [7, 11) is -4.09. The molecule has 0 radical (unpaired) electrons. The van der Waals surface area contributed by atoms with Gasteiger partial charge in [0.15, 0.2) is 0 Å². The van der Waals surface area contributed by atoms with Crippen LogP contribution in [0.2, 0.25) is 0 Å². The quantitative estimate of drug-likeness (QED) is 0.614. The van der Waals surface area contributed by atoms with E-state index in [0.717, 1.165) is 0 Å². The number of nitriles is 1. The molecule has 0 bridgehead atoms. The SMILES string of the molecule is N#CC1C=CC(S(=O)(=O)O)=CC1. The summed E-state index contributed by atoms with van der Waals surface area (Å²) in [6.45, 7) is 0. The predicted octanol–water partition coefficient (Wildman–Crippen LogP) is 0.858. The van der Waals surface area contributed by atoms with Gasteiger partial charge in [0.1, 0.15) is 0 Å². The van der Waals surface area contributed by atoms with Crippen molar-refractivity contribution in [1.29, 1.82) is 5.26 Å². The third kappa shape index (κ3) is 1.94. The molecule has 0 aromatic heterocycles. The standard InChI is InChI=1S/C7H7NO3S/c8-5-6-1-3-7(4-2-6)12(9,10)11/h1,3-4,6H,2H2,(H,9,10,11). The first-order valence-electron chi connectivity index (χ1n) is 3.29. The van der Waals surface area contributed by atoms with Gasteiger partial charge >= 0.3 is 0 Å². The zero-order chi connectivity index (χ0) is 9.19. The van der Waals surface area contributed by atoms with Gasteiger partial charge in [0.05, 0.1) is 16.9 Å². The van der Waals surface area contributed by atoms with Crippen molar-refractivity contribution in [2.75, 3.05) is 0 Å². The molecule has 0 amide bonds. The van der Waals surface area contributed by atoms with Crippen molar-refractivity contribution in [2.24, 2.45) is 5.92 Å². The third-order valence-corrected chi connectivity index (χ3v) is 2.43. The van der Waals surface area contributed by atoms with Crippen molar-refractivity contribution >= 4 is 10.1 Å². The molecule has 0 spiro atoms. The molecule has 4 nitrogen and oxygen atoms in total. The summed E-state index contributed by atoms with van der Waals surface area (Å²) in [6, 6.07) is 1.97. The Kier molecular flexibility index (Phi) is 2.31. The average molecular weight is 185 g/mol. The molecule has 12 heavy (non-hydrogen) atoms. The van der Waals surface area contributed by atoms with Gasteiger partial charge in [0.2, 0.25) is 0 Å². The smallest absolute Gasteiger partial charge is 0.282 e. The van der Waals surface area contributed by atoms with E-state index in [0.29, 0.717) is 6.42 Å². The Labute approximate surface area is 70.6 Å². The number of rotatable bonds is 1. The molecule has 0 fully saturated rings. The van der Waals surface area contributed by atoms with E-state index in [1.54, 1.807) is 0 Å². The summed E-state index contributed by atoms with van der Waals surface area (Å²) in [6.07, 6.45) is 4.38. The highest BCUT2D eigenvalue weighted by atomic mass is 32.2. The Bertz CT molecular complexity index is 372. The maximum atomic E-state index is 10.5. The van der Waals surface area contributed by atoms with Crippen LogP contribution in [0.1, 0.15) is 6.42 Å². The molecule has 0 heterocycles. The molecule has 1 unspecified atom stereocenters. The van der Waals surface area contributed by atoms with E-state index in [2.05, 4.69) is 0 Å². The third-order valence-electron chi connectivity index (χ3n) is 1.53. The van der Waals surface area contributed by atoms with Gasteiger partial charge in [-0.25, -0.2) is 0 Å². The maximum absolute atomic E-state index is 10.5. The van der Waals surface area contributed by atoms with Crippen LogP contribution in [0.25, 0.3) is 0 Å². The topological polar surface area (TPSA) is 78.2 Å². The van der Waals surface area contributed by atoms with Crippen molar-refractivity contribution < 1.29 is 13.0 Å². The molecule has 1 aliphatic rings. The van der Waals surface area contributed by atoms with Gasteiger partial charge < -0.3 is 0 Å². The second-order valence-corrected chi connectivity index (χ2v) is 3.83. The van der Waals surface area contributed by atoms with Crippen molar-refractivity contribution in [3.8, 4) is 6.07 Å². The van der Waals surface area contributed by atoms with Crippen LogP contribution in [0.4, 0.5) is 0 Å². The van der Waals surface area contributed by atoms with Crippen molar-refractivity contribution in [2.45, 2.75) is 6.42 Å². The van der Waals surface area contributed by atoms with Crippen LogP contribution in [-0.2, 0) is 10.1 Å². The van der Waals surface area contributed by atoms with Gasteiger partial charge in [0, 0.05) is 0 Å². The highest BCUT2D eigenvalue weighted by Gasteiger charge is 2.15. The summed E-state index contributed by atoms with van der Waals surface area (Å²) in [5.74, 6) is -0.282. The fourth-order valence-electron chi connectivity index (χ4n) is 0.888. The van der Waals surface area contributed by atoms with Crippen LogP contribution in [0, 0.1) is 17.2 Å². The first-order valence-corrected chi connectivity index (χ1v) is 4.73. The van der Waals surface area contributed by atoms with Crippen molar-refractivity contribution in [1.82, 2.24) is 0 Å². The second kappa shape index (κ2) is 3.09. The van der Waals surface area contributed by atoms with E-state index in [9.17, 15) is 8.42 Å². The summed E-state index contributed by atoms with van der Waals surface area (Å²) in [5, 5.41) is 8.44. The van der Waals surface area contributed by atoms with Crippen LogP contribution in [-0.4, -0.2) is 13.0 Å². The fraction of sp³-hybridized carbons (Fsp3) is 0.286. The molecular formula is C7H7NO3S. The highest BCUT2D eigenvalue weighted by molar-refractivity contribution is 7.90. The Morgan fingerprint density at radius 3 is 2.67 bits per heavy atom. The van der Waals surface area contributed by atoms with E-state index < -0.39 is 10.1 Å². The molecule has 1 N–H and O–H groups in total. The van der Waals surface area contributed by atoms with Gasteiger partial charge in [-0.05, 0) is 12.5 Å². The van der Waals surface area contributed by atoms with E-state index in [1.807, 2.05) is 6.07 Å². The average Bonchev–Trinajstić information content (AvgIpc) is 2.03. The molecule has 0 aliphatic heterocycles. The van der Waals surface area contributed by atoms with Crippen LogP contribution >= 0.6 is 0 Å². The molecule has 1 atom stereocenters. The second-order valence-electron chi connectivity index (χ2n) is 2.41. The highest BCUT2D eigenvalue weighted by Crippen LogP contribution is 2.18. The Hall–Kier alpha value is -1.12. The normalized spacial score (nSPS) is 23.0. The minimum absolute atomic E-state index is 0.131. The first-order chi connectivity index (χ1) is 5.54. The lowest BCUT2D eigenvalue weighted by Gasteiger charge is -2.06. The minimum atomic E-state index is -4.09. The molecule has 64 valence electrons. The largest absolute Gasteiger partial charge is 0.294 e. The molecule has 0 saturated carbocycles. The number of allylic oxidation sites excluding steroid dienone is 3.